The second-order valence-corrected chi connectivity index (χ2v) is 6.75. The van der Waals surface area contributed by atoms with Crippen molar-refractivity contribution in [3.05, 3.63) is 0 Å². The van der Waals surface area contributed by atoms with Crippen LogP contribution in [0.4, 0.5) is 0 Å². The van der Waals surface area contributed by atoms with Crippen molar-refractivity contribution in [3.8, 4) is 0 Å². The van der Waals surface area contributed by atoms with Crippen LogP contribution in [-0.4, -0.2) is 24.2 Å². The van der Waals surface area contributed by atoms with Crippen molar-refractivity contribution in [2.24, 2.45) is 17.3 Å². The molecule has 1 rings (SSSR count). The molecule has 2 N–H and O–H groups in total. The van der Waals surface area contributed by atoms with E-state index in [9.17, 15) is 4.79 Å². The molecular formula is C15H29NO2. The molecule has 1 amide bonds. The molecule has 1 fully saturated rings. The zero-order valence-electron chi connectivity index (χ0n) is 12.2. The highest BCUT2D eigenvalue weighted by Gasteiger charge is 2.28. The molecule has 3 heteroatoms. The molecule has 1 saturated carbocycles. The highest BCUT2D eigenvalue weighted by atomic mass is 16.3. The smallest absolute Gasteiger partial charge is 0.220 e. The fourth-order valence-electron chi connectivity index (χ4n) is 2.97. The zero-order chi connectivity index (χ0) is 13.6. The van der Waals surface area contributed by atoms with Crippen LogP contribution >= 0.6 is 0 Å². The van der Waals surface area contributed by atoms with E-state index in [0.717, 1.165) is 6.42 Å². The van der Waals surface area contributed by atoms with Crippen LogP contribution in [0.3, 0.4) is 0 Å². The number of rotatable bonds is 6. The van der Waals surface area contributed by atoms with E-state index < -0.39 is 0 Å². The van der Waals surface area contributed by atoms with Gasteiger partial charge in [-0.05, 0) is 42.9 Å². The molecule has 106 valence electrons. The van der Waals surface area contributed by atoms with E-state index in [1.165, 1.54) is 25.7 Å². The predicted molar refractivity (Wildman–Crippen MR) is 74.2 cm³/mol. The third kappa shape index (κ3) is 5.85. The van der Waals surface area contributed by atoms with Gasteiger partial charge in [0.1, 0.15) is 0 Å². The summed E-state index contributed by atoms with van der Waals surface area (Å²) in [6.07, 6.45) is 6.35. The SMILES string of the molecule is CC(CCO)CNC(=O)CC1CCCC(C)(C)C1. The molecule has 0 radical (unpaired) electrons. The van der Waals surface area contributed by atoms with Crippen LogP contribution in [0.5, 0.6) is 0 Å². The number of nitrogens with one attached hydrogen (secondary N) is 1. The Hall–Kier alpha value is -0.570. The predicted octanol–water partition coefficient (Wildman–Crippen LogP) is 2.73. The average Bonchev–Trinajstić information content (AvgIpc) is 2.25. The summed E-state index contributed by atoms with van der Waals surface area (Å²) in [7, 11) is 0. The maximum Gasteiger partial charge on any atom is 0.220 e. The van der Waals surface area contributed by atoms with Crippen LogP contribution in [-0.2, 0) is 4.79 Å². The first-order chi connectivity index (χ1) is 8.43. The van der Waals surface area contributed by atoms with Gasteiger partial charge in [-0.25, -0.2) is 0 Å². The average molecular weight is 255 g/mol. The lowest BCUT2D eigenvalue weighted by molar-refractivity contribution is -0.122. The highest BCUT2D eigenvalue weighted by molar-refractivity contribution is 5.76. The molecule has 0 saturated heterocycles. The van der Waals surface area contributed by atoms with Crippen LogP contribution in [0.2, 0.25) is 0 Å². The Morgan fingerprint density at radius 1 is 1.50 bits per heavy atom. The maximum atomic E-state index is 11.9. The summed E-state index contributed by atoms with van der Waals surface area (Å²) in [6.45, 7) is 7.56. The van der Waals surface area contributed by atoms with Crippen molar-refractivity contribution in [1.82, 2.24) is 5.32 Å². The standard InChI is InChI=1S/C15H29NO2/c1-12(6-8-17)11-16-14(18)9-13-5-4-7-15(2,3)10-13/h12-13,17H,4-11H2,1-3H3,(H,16,18). The highest BCUT2D eigenvalue weighted by Crippen LogP contribution is 2.39. The van der Waals surface area contributed by atoms with Crippen molar-refractivity contribution in [2.75, 3.05) is 13.2 Å². The van der Waals surface area contributed by atoms with E-state index in [0.29, 0.717) is 30.2 Å². The lowest BCUT2D eigenvalue weighted by atomic mass is 9.71. The van der Waals surface area contributed by atoms with Gasteiger partial charge < -0.3 is 10.4 Å². The molecule has 1 aliphatic carbocycles. The van der Waals surface area contributed by atoms with E-state index in [2.05, 4.69) is 26.1 Å². The van der Waals surface area contributed by atoms with Gasteiger partial charge in [-0.1, -0.05) is 27.2 Å². The minimum Gasteiger partial charge on any atom is -0.396 e. The number of carbonyl (C=O) groups excluding carboxylic acids is 1. The van der Waals surface area contributed by atoms with E-state index in [1.807, 2.05) is 0 Å². The van der Waals surface area contributed by atoms with Gasteiger partial charge in [0.05, 0.1) is 0 Å². The Balaban J connectivity index is 2.23. The van der Waals surface area contributed by atoms with Crippen molar-refractivity contribution in [2.45, 2.75) is 59.3 Å². The molecule has 0 aromatic carbocycles. The summed E-state index contributed by atoms with van der Waals surface area (Å²) in [5.41, 5.74) is 0.410. The molecular weight excluding hydrogens is 226 g/mol. The first-order valence-corrected chi connectivity index (χ1v) is 7.30. The van der Waals surface area contributed by atoms with Crippen LogP contribution in [0, 0.1) is 17.3 Å². The van der Waals surface area contributed by atoms with E-state index >= 15 is 0 Å². The summed E-state index contributed by atoms with van der Waals surface area (Å²) in [6, 6.07) is 0. The Morgan fingerprint density at radius 3 is 2.83 bits per heavy atom. The van der Waals surface area contributed by atoms with Gasteiger partial charge in [0.25, 0.3) is 0 Å². The van der Waals surface area contributed by atoms with Gasteiger partial charge >= 0.3 is 0 Å². The van der Waals surface area contributed by atoms with E-state index in [-0.39, 0.29) is 12.5 Å². The second-order valence-electron chi connectivity index (χ2n) is 6.75. The number of aliphatic hydroxyl groups is 1. The molecule has 0 spiro atoms. The minimum absolute atomic E-state index is 0.183. The topological polar surface area (TPSA) is 49.3 Å². The minimum atomic E-state index is 0.183. The third-order valence-corrected chi connectivity index (χ3v) is 4.05. The number of hydrogen-bond donors (Lipinski definition) is 2. The first-order valence-electron chi connectivity index (χ1n) is 7.30. The summed E-state index contributed by atoms with van der Waals surface area (Å²) < 4.78 is 0. The van der Waals surface area contributed by atoms with Crippen LogP contribution in [0.15, 0.2) is 0 Å². The molecule has 0 aromatic rings. The normalized spacial score (nSPS) is 24.6. The van der Waals surface area contributed by atoms with Crippen molar-refractivity contribution in [1.29, 1.82) is 0 Å². The number of carbonyl (C=O) groups is 1. The Morgan fingerprint density at radius 2 is 2.22 bits per heavy atom. The van der Waals surface area contributed by atoms with E-state index in [4.69, 9.17) is 5.11 Å². The molecule has 1 aliphatic rings. The molecule has 0 aliphatic heterocycles. The van der Waals surface area contributed by atoms with Crippen LogP contribution < -0.4 is 5.32 Å². The second kappa shape index (κ2) is 7.13. The van der Waals surface area contributed by atoms with Gasteiger partial charge in [0.15, 0.2) is 0 Å². The molecule has 0 bridgehead atoms. The molecule has 2 atom stereocenters. The van der Waals surface area contributed by atoms with Gasteiger partial charge in [0.2, 0.25) is 5.91 Å². The van der Waals surface area contributed by atoms with Crippen LogP contribution in [0.1, 0.15) is 59.3 Å². The monoisotopic (exact) mass is 255 g/mol. The lowest BCUT2D eigenvalue weighted by Gasteiger charge is -2.35. The molecule has 2 unspecified atom stereocenters. The third-order valence-electron chi connectivity index (χ3n) is 4.05. The van der Waals surface area contributed by atoms with Crippen LogP contribution in [0.25, 0.3) is 0 Å². The lowest BCUT2D eigenvalue weighted by Crippen LogP contribution is -2.32. The fourth-order valence-corrected chi connectivity index (χ4v) is 2.97. The summed E-state index contributed by atoms with van der Waals surface area (Å²) >= 11 is 0. The Labute approximate surface area is 111 Å². The Kier molecular flexibility index (Phi) is 6.13. The number of amides is 1. The number of hydrogen-bond acceptors (Lipinski definition) is 2. The largest absolute Gasteiger partial charge is 0.396 e. The molecule has 0 aromatic heterocycles. The Bertz CT molecular complexity index is 263. The van der Waals surface area contributed by atoms with Gasteiger partial charge in [-0.3, -0.25) is 4.79 Å². The number of aliphatic hydroxyl groups excluding tert-OH is 1. The van der Waals surface area contributed by atoms with Gasteiger partial charge in [0, 0.05) is 19.6 Å². The van der Waals surface area contributed by atoms with Gasteiger partial charge in [-0.2, -0.15) is 0 Å². The molecule has 0 heterocycles. The van der Waals surface area contributed by atoms with E-state index in [1.54, 1.807) is 0 Å². The summed E-state index contributed by atoms with van der Waals surface area (Å²) in [5.74, 6) is 1.10. The van der Waals surface area contributed by atoms with Crippen molar-refractivity contribution >= 4 is 5.91 Å². The van der Waals surface area contributed by atoms with Crippen molar-refractivity contribution in [3.63, 3.8) is 0 Å². The first kappa shape index (κ1) is 15.5. The fraction of sp³-hybridized carbons (Fsp3) is 0.933. The zero-order valence-corrected chi connectivity index (χ0v) is 12.2. The van der Waals surface area contributed by atoms with Crippen molar-refractivity contribution < 1.29 is 9.90 Å². The molecule has 18 heavy (non-hydrogen) atoms. The maximum absolute atomic E-state index is 11.9. The molecule has 3 nitrogen and oxygen atoms in total. The quantitative estimate of drug-likeness (QED) is 0.766. The van der Waals surface area contributed by atoms with Gasteiger partial charge in [-0.15, -0.1) is 0 Å². The summed E-state index contributed by atoms with van der Waals surface area (Å²) in [4.78, 5) is 11.9. The summed E-state index contributed by atoms with van der Waals surface area (Å²) in [5, 5.41) is 11.8.